The summed E-state index contributed by atoms with van der Waals surface area (Å²) in [6, 6.07) is 0. The summed E-state index contributed by atoms with van der Waals surface area (Å²) in [5.74, 6) is 0.630. The number of hydrogen-bond acceptors (Lipinski definition) is 4. The molecule has 0 spiro atoms. The SMILES string of the molecule is C=CCNC1(C(=O)OC)CSC(C)C1. The van der Waals surface area contributed by atoms with Gasteiger partial charge < -0.3 is 4.74 Å². The van der Waals surface area contributed by atoms with Gasteiger partial charge in [-0.25, -0.2) is 0 Å². The Morgan fingerprint density at radius 2 is 2.57 bits per heavy atom. The molecule has 14 heavy (non-hydrogen) atoms. The van der Waals surface area contributed by atoms with Gasteiger partial charge in [-0.05, 0) is 6.42 Å². The van der Waals surface area contributed by atoms with Gasteiger partial charge in [0, 0.05) is 17.5 Å². The van der Waals surface area contributed by atoms with E-state index in [1.807, 2.05) is 0 Å². The molecule has 1 saturated heterocycles. The lowest BCUT2D eigenvalue weighted by Crippen LogP contribution is -2.53. The first-order valence-corrected chi connectivity index (χ1v) is 5.75. The van der Waals surface area contributed by atoms with E-state index in [0.717, 1.165) is 12.2 Å². The Morgan fingerprint density at radius 3 is 3.00 bits per heavy atom. The summed E-state index contributed by atoms with van der Waals surface area (Å²) in [4.78, 5) is 11.7. The van der Waals surface area contributed by atoms with Crippen LogP contribution in [-0.2, 0) is 9.53 Å². The third-order valence-corrected chi connectivity index (χ3v) is 3.81. The van der Waals surface area contributed by atoms with Gasteiger partial charge in [-0.1, -0.05) is 13.0 Å². The number of nitrogens with one attached hydrogen (secondary N) is 1. The highest BCUT2D eigenvalue weighted by Crippen LogP contribution is 2.35. The number of rotatable bonds is 4. The standard InChI is InChI=1S/C10H17NO2S/c1-4-5-11-10(9(12)13-3)6-8(2)14-7-10/h4,8,11H,1,5-7H2,2-3H3. The van der Waals surface area contributed by atoms with Crippen molar-refractivity contribution in [2.45, 2.75) is 24.1 Å². The number of methoxy groups -OCH3 is 1. The van der Waals surface area contributed by atoms with E-state index in [1.54, 1.807) is 17.8 Å². The van der Waals surface area contributed by atoms with Crippen LogP contribution >= 0.6 is 11.8 Å². The van der Waals surface area contributed by atoms with Gasteiger partial charge in [-0.15, -0.1) is 6.58 Å². The maximum Gasteiger partial charge on any atom is 0.326 e. The average molecular weight is 215 g/mol. The monoisotopic (exact) mass is 215 g/mol. The number of carbonyl (C=O) groups excluding carboxylic acids is 1. The molecule has 0 saturated carbocycles. The molecule has 0 bridgehead atoms. The van der Waals surface area contributed by atoms with Crippen LogP contribution in [-0.4, -0.2) is 36.2 Å². The molecule has 1 N–H and O–H groups in total. The molecule has 4 heteroatoms. The normalized spacial score (nSPS) is 31.4. The van der Waals surface area contributed by atoms with Crippen molar-refractivity contribution in [2.75, 3.05) is 19.4 Å². The van der Waals surface area contributed by atoms with Crippen molar-refractivity contribution in [3.05, 3.63) is 12.7 Å². The smallest absolute Gasteiger partial charge is 0.326 e. The average Bonchev–Trinajstić information content (AvgIpc) is 2.57. The van der Waals surface area contributed by atoms with Gasteiger partial charge in [0.1, 0.15) is 5.54 Å². The van der Waals surface area contributed by atoms with Gasteiger partial charge in [0.15, 0.2) is 0 Å². The molecule has 3 nitrogen and oxygen atoms in total. The summed E-state index contributed by atoms with van der Waals surface area (Å²) >= 11 is 1.80. The van der Waals surface area contributed by atoms with E-state index < -0.39 is 5.54 Å². The second kappa shape index (κ2) is 4.84. The highest BCUT2D eigenvalue weighted by atomic mass is 32.2. The largest absolute Gasteiger partial charge is 0.468 e. The lowest BCUT2D eigenvalue weighted by molar-refractivity contribution is -0.147. The molecule has 1 aliphatic rings. The number of hydrogen-bond donors (Lipinski definition) is 1. The van der Waals surface area contributed by atoms with E-state index in [2.05, 4.69) is 18.8 Å². The summed E-state index contributed by atoms with van der Waals surface area (Å²) in [6.07, 6.45) is 2.59. The Bertz CT molecular complexity index is 232. The molecule has 1 aliphatic heterocycles. The van der Waals surface area contributed by atoms with Crippen LogP contribution < -0.4 is 5.32 Å². The van der Waals surface area contributed by atoms with Crippen molar-refractivity contribution >= 4 is 17.7 Å². The minimum atomic E-state index is -0.493. The summed E-state index contributed by atoms with van der Waals surface area (Å²) < 4.78 is 4.83. The minimum absolute atomic E-state index is 0.156. The predicted molar refractivity (Wildman–Crippen MR) is 59.5 cm³/mol. The maximum atomic E-state index is 11.7. The fraction of sp³-hybridized carbons (Fsp3) is 0.700. The zero-order valence-electron chi connectivity index (χ0n) is 8.71. The van der Waals surface area contributed by atoms with Gasteiger partial charge in [0.05, 0.1) is 7.11 Å². The second-order valence-corrected chi connectivity index (χ2v) is 5.00. The molecule has 1 heterocycles. The van der Waals surface area contributed by atoms with Gasteiger partial charge in [-0.3, -0.25) is 10.1 Å². The van der Waals surface area contributed by atoms with Crippen LogP contribution in [0, 0.1) is 0 Å². The minimum Gasteiger partial charge on any atom is -0.468 e. The van der Waals surface area contributed by atoms with Crippen LogP contribution in [0.25, 0.3) is 0 Å². The molecule has 0 radical (unpaired) electrons. The first-order chi connectivity index (χ1) is 6.64. The van der Waals surface area contributed by atoms with Crippen molar-refractivity contribution in [1.29, 1.82) is 0 Å². The van der Waals surface area contributed by atoms with Crippen LogP contribution in [0.4, 0.5) is 0 Å². The molecule has 0 amide bonds. The van der Waals surface area contributed by atoms with E-state index in [9.17, 15) is 4.79 Å². The van der Waals surface area contributed by atoms with Crippen LogP contribution in [0.1, 0.15) is 13.3 Å². The van der Waals surface area contributed by atoms with Gasteiger partial charge in [0.25, 0.3) is 0 Å². The number of thioether (sulfide) groups is 1. The first kappa shape index (κ1) is 11.6. The van der Waals surface area contributed by atoms with Crippen molar-refractivity contribution < 1.29 is 9.53 Å². The Balaban J connectivity index is 2.69. The molecule has 2 atom stereocenters. The van der Waals surface area contributed by atoms with E-state index in [1.165, 1.54) is 7.11 Å². The second-order valence-electron chi connectivity index (χ2n) is 3.57. The molecule has 0 aromatic heterocycles. The molecule has 80 valence electrons. The van der Waals surface area contributed by atoms with Crippen LogP contribution in [0.5, 0.6) is 0 Å². The van der Waals surface area contributed by atoms with Gasteiger partial charge in [-0.2, -0.15) is 11.8 Å². The lowest BCUT2D eigenvalue weighted by Gasteiger charge is -2.26. The van der Waals surface area contributed by atoms with Crippen LogP contribution in [0.15, 0.2) is 12.7 Å². The maximum absolute atomic E-state index is 11.7. The summed E-state index contributed by atoms with van der Waals surface area (Å²) in [5, 5.41) is 3.72. The zero-order valence-corrected chi connectivity index (χ0v) is 9.52. The topological polar surface area (TPSA) is 38.3 Å². The first-order valence-electron chi connectivity index (χ1n) is 4.70. The molecule has 0 aromatic rings. The molecule has 2 unspecified atom stereocenters. The Kier molecular flexibility index (Phi) is 4.01. The third-order valence-electron chi connectivity index (χ3n) is 2.41. The van der Waals surface area contributed by atoms with E-state index in [-0.39, 0.29) is 5.97 Å². The summed E-state index contributed by atoms with van der Waals surface area (Å²) in [6.45, 7) is 6.41. The van der Waals surface area contributed by atoms with Gasteiger partial charge >= 0.3 is 5.97 Å². The van der Waals surface area contributed by atoms with E-state index in [4.69, 9.17) is 4.74 Å². The molecular weight excluding hydrogens is 198 g/mol. The molecular formula is C10H17NO2S. The number of esters is 1. The highest BCUT2D eigenvalue weighted by molar-refractivity contribution is 8.00. The van der Waals surface area contributed by atoms with Crippen molar-refractivity contribution in [3.8, 4) is 0 Å². The third kappa shape index (κ3) is 2.30. The number of ether oxygens (including phenoxy) is 1. The summed E-state index contributed by atoms with van der Waals surface area (Å²) in [5.41, 5.74) is -0.493. The molecule has 1 fully saturated rings. The van der Waals surface area contributed by atoms with Crippen molar-refractivity contribution in [1.82, 2.24) is 5.32 Å². The zero-order chi connectivity index (χ0) is 10.6. The Morgan fingerprint density at radius 1 is 1.86 bits per heavy atom. The summed E-state index contributed by atoms with van der Waals surface area (Å²) in [7, 11) is 1.44. The molecule has 0 aliphatic carbocycles. The van der Waals surface area contributed by atoms with Crippen LogP contribution in [0.3, 0.4) is 0 Å². The Hall–Kier alpha value is -0.480. The fourth-order valence-corrected chi connectivity index (χ4v) is 3.00. The molecule has 0 aromatic carbocycles. The van der Waals surface area contributed by atoms with E-state index >= 15 is 0 Å². The predicted octanol–water partition coefficient (Wildman–Crippen LogP) is 1.20. The van der Waals surface area contributed by atoms with E-state index in [0.29, 0.717) is 11.8 Å². The van der Waals surface area contributed by atoms with Crippen molar-refractivity contribution in [3.63, 3.8) is 0 Å². The van der Waals surface area contributed by atoms with Crippen molar-refractivity contribution in [2.24, 2.45) is 0 Å². The molecule has 1 rings (SSSR count). The van der Waals surface area contributed by atoms with Crippen LogP contribution in [0.2, 0.25) is 0 Å². The quantitative estimate of drug-likeness (QED) is 0.565. The van der Waals surface area contributed by atoms with Gasteiger partial charge in [0.2, 0.25) is 0 Å². The Labute approximate surface area is 89.3 Å². The number of carbonyl (C=O) groups is 1. The lowest BCUT2D eigenvalue weighted by atomic mass is 9.96. The fourth-order valence-electron chi connectivity index (χ4n) is 1.69. The highest BCUT2D eigenvalue weighted by Gasteiger charge is 2.44.